The van der Waals surface area contributed by atoms with E-state index in [1.165, 1.54) is 6.33 Å². The van der Waals surface area contributed by atoms with Crippen LogP contribution in [0.4, 0.5) is 22.0 Å². The van der Waals surface area contributed by atoms with Crippen molar-refractivity contribution in [2.75, 3.05) is 0 Å². The molecule has 0 aliphatic carbocycles. The number of hydrogen-bond acceptors (Lipinski definition) is 1. The summed E-state index contributed by atoms with van der Waals surface area (Å²) in [5.41, 5.74) is -1.05. The molecule has 0 saturated carbocycles. The Hall–Kier alpha value is -1.99. The van der Waals surface area contributed by atoms with Crippen LogP contribution >= 0.6 is 0 Å². The van der Waals surface area contributed by atoms with E-state index in [-0.39, 0.29) is 12.0 Å². The summed E-state index contributed by atoms with van der Waals surface area (Å²) in [7, 11) is 0. The Morgan fingerprint density at radius 2 is 1.59 bits per heavy atom. The van der Waals surface area contributed by atoms with Gasteiger partial charge in [0.25, 0.3) is 5.82 Å². The van der Waals surface area contributed by atoms with Gasteiger partial charge in [0.1, 0.15) is 0 Å². The summed E-state index contributed by atoms with van der Waals surface area (Å²) in [5, 5.41) is 3.97. The molecule has 0 unspecified atom stereocenters. The van der Waals surface area contributed by atoms with Gasteiger partial charge < -0.3 is 0 Å². The highest BCUT2D eigenvalue weighted by atomic mass is 19.2. The van der Waals surface area contributed by atoms with Crippen molar-refractivity contribution in [2.45, 2.75) is 32.7 Å². The molecule has 1 aliphatic heterocycles. The maximum Gasteiger partial charge on any atom is 0.278 e. The highest BCUT2D eigenvalue weighted by molar-refractivity contribution is 5.36. The average Bonchev–Trinajstić information content (AvgIpc) is 3.03. The van der Waals surface area contributed by atoms with Gasteiger partial charge in [-0.2, -0.15) is 8.78 Å². The highest BCUT2D eigenvalue weighted by Gasteiger charge is 2.37. The van der Waals surface area contributed by atoms with Crippen LogP contribution in [-0.2, 0) is 6.42 Å². The van der Waals surface area contributed by atoms with Crippen molar-refractivity contribution in [1.82, 2.24) is 9.78 Å². The Morgan fingerprint density at radius 1 is 1.05 bits per heavy atom. The largest absolute Gasteiger partial charge is 0.278 e. The number of nitrogens with zero attached hydrogens (tertiary/aromatic N) is 3. The van der Waals surface area contributed by atoms with Crippen LogP contribution in [0.3, 0.4) is 0 Å². The van der Waals surface area contributed by atoms with Gasteiger partial charge in [-0.15, -0.1) is 0 Å². The summed E-state index contributed by atoms with van der Waals surface area (Å²) in [6.45, 7) is 3.98. The Kier molecular flexibility index (Phi) is 3.41. The molecule has 1 aromatic carbocycles. The van der Waals surface area contributed by atoms with Crippen LogP contribution in [0, 0.1) is 35.0 Å². The second-order valence-electron chi connectivity index (χ2n) is 5.65. The lowest BCUT2D eigenvalue weighted by Crippen LogP contribution is -2.39. The topological polar surface area (TPSA) is 21.7 Å². The molecular weight excluding hydrogens is 305 g/mol. The molecule has 1 aliphatic rings. The quantitative estimate of drug-likeness (QED) is 0.361. The van der Waals surface area contributed by atoms with Crippen molar-refractivity contribution in [3.63, 3.8) is 0 Å². The zero-order chi connectivity index (χ0) is 16.2. The second-order valence-corrected chi connectivity index (χ2v) is 5.65. The monoisotopic (exact) mass is 318 g/mol. The van der Waals surface area contributed by atoms with E-state index in [0.29, 0.717) is 12.2 Å². The number of hydrogen-bond donors (Lipinski definition) is 0. The molecular formula is C14H13F5N3+. The molecule has 118 valence electrons. The van der Waals surface area contributed by atoms with E-state index < -0.39 is 34.8 Å². The summed E-state index contributed by atoms with van der Waals surface area (Å²) in [5.74, 6) is -9.09. The van der Waals surface area contributed by atoms with Crippen LogP contribution in [0.1, 0.15) is 32.1 Å². The first-order valence-electron chi connectivity index (χ1n) is 6.84. The molecule has 0 saturated heterocycles. The molecule has 22 heavy (non-hydrogen) atoms. The molecule has 0 bridgehead atoms. The minimum Gasteiger partial charge on any atom is -0.231 e. The molecule has 0 N–H and O–H groups in total. The first-order valence-corrected chi connectivity index (χ1v) is 6.84. The van der Waals surface area contributed by atoms with Crippen molar-refractivity contribution >= 4 is 0 Å². The van der Waals surface area contributed by atoms with E-state index in [9.17, 15) is 22.0 Å². The molecule has 3 nitrogen and oxygen atoms in total. The lowest BCUT2D eigenvalue weighted by atomic mass is 10.0. The third-order valence-electron chi connectivity index (χ3n) is 3.96. The predicted octanol–water partition coefficient (Wildman–Crippen LogP) is 3.00. The van der Waals surface area contributed by atoms with Gasteiger partial charge >= 0.3 is 0 Å². The van der Waals surface area contributed by atoms with Gasteiger partial charge in [0.2, 0.25) is 41.1 Å². The van der Waals surface area contributed by atoms with E-state index in [1.54, 1.807) is 4.57 Å². The van der Waals surface area contributed by atoms with Crippen molar-refractivity contribution in [3.8, 4) is 5.69 Å². The number of aryl methyl sites for hydroxylation is 1. The number of benzene rings is 1. The van der Waals surface area contributed by atoms with E-state index >= 15 is 0 Å². The molecule has 0 radical (unpaired) electrons. The number of halogens is 5. The molecule has 8 heteroatoms. The predicted molar refractivity (Wildman–Crippen MR) is 65.7 cm³/mol. The van der Waals surface area contributed by atoms with Crippen LogP contribution in [0.25, 0.3) is 5.69 Å². The van der Waals surface area contributed by atoms with Crippen LogP contribution in [0.2, 0.25) is 0 Å². The summed E-state index contributed by atoms with van der Waals surface area (Å²) >= 11 is 0. The van der Waals surface area contributed by atoms with Gasteiger partial charge in [0.05, 0.1) is 6.04 Å². The van der Waals surface area contributed by atoms with Crippen LogP contribution < -0.4 is 4.57 Å². The molecule has 1 aromatic heterocycles. The maximum atomic E-state index is 13.8. The summed E-state index contributed by atoms with van der Waals surface area (Å²) in [6, 6.07) is 0.0880. The van der Waals surface area contributed by atoms with Crippen LogP contribution in [0.15, 0.2) is 6.33 Å². The standard InChI is InChI=1S/C14H13F5N3/c1-6(2)7-3-4-8-20-22(5-21(7)8)14-12(18)10(16)9(15)11(17)13(14)19/h5-7H,3-4H2,1-2H3/q+1/t7-/m1/s1. The molecule has 0 fully saturated rings. The molecule has 0 amide bonds. The first-order chi connectivity index (χ1) is 10.3. The first kappa shape index (κ1) is 14.9. The number of rotatable bonds is 2. The maximum absolute atomic E-state index is 13.8. The zero-order valence-corrected chi connectivity index (χ0v) is 11.9. The zero-order valence-electron chi connectivity index (χ0n) is 11.9. The Bertz CT molecular complexity index is 724. The Balaban J connectivity index is 2.17. The van der Waals surface area contributed by atoms with Crippen molar-refractivity contribution in [3.05, 3.63) is 41.2 Å². The number of aromatic nitrogens is 3. The summed E-state index contributed by atoms with van der Waals surface area (Å²) in [4.78, 5) is 0. The van der Waals surface area contributed by atoms with Gasteiger partial charge in [-0.05, 0) is 12.3 Å². The minimum absolute atomic E-state index is 0.0880. The third-order valence-corrected chi connectivity index (χ3v) is 3.96. The average molecular weight is 318 g/mol. The van der Waals surface area contributed by atoms with E-state index in [1.807, 2.05) is 13.8 Å². The molecule has 3 rings (SSSR count). The normalized spacial score (nSPS) is 17.4. The second kappa shape index (κ2) is 5.03. The lowest BCUT2D eigenvalue weighted by molar-refractivity contribution is -0.723. The summed E-state index contributed by atoms with van der Waals surface area (Å²) in [6.07, 6.45) is 2.70. The van der Waals surface area contributed by atoms with Gasteiger partial charge in [0.15, 0.2) is 0 Å². The van der Waals surface area contributed by atoms with Gasteiger partial charge in [0, 0.05) is 11.5 Å². The van der Waals surface area contributed by atoms with E-state index in [2.05, 4.69) is 5.10 Å². The molecule has 2 aromatic rings. The Morgan fingerprint density at radius 3 is 2.14 bits per heavy atom. The third kappa shape index (κ3) is 2.00. The lowest BCUT2D eigenvalue weighted by Gasteiger charge is -2.12. The fourth-order valence-corrected chi connectivity index (χ4v) is 2.82. The van der Waals surface area contributed by atoms with E-state index in [4.69, 9.17) is 0 Å². The number of fused-ring (bicyclic) bond motifs is 1. The minimum atomic E-state index is -2.17. The van der Waals surface area contributed by atoms with Crippen LogP contribution in [-0.4, -0.2) is 9.78 Å². The highest BCUT2D eigenvalue weighted by Crippen LogP contribution is 2.27. The molecule has 1 atom stereocenters. The van der Waals surface area contributed by atoms with Crippen LogP contribution in [0.5, 0.6) is 0 Å². The van der Waals surface area contributed by atoms with Crippen molar-refractivity contribution in [1.29, 1.82) is 0 Å². The van der Waals surface area contributed by atoms with Gasteiger partial charge in [-0.1, -0.05) is 18.5 Å². The fraction of sp³-hybridized carbons (Fsp3) is 0.429. The Labute approximate surface area is 123 Å². The smallest absolute Gasteiger partial charge is 0.231 e. The van der Waals surface area contributed by atoms with Crippen molar-refractivity contribution < 1.29 is 26.5 Å². The fourth-order valence-electron chi connectivity index (χ4n) is 2.82. The van der Waals surface area contributed by atoms with E-state index in [0.717, 1.165) is 11.1 Å². The summed E-state index contributed by atoms with van der Waals surface area (Å²) < 4.78 is 69.7. The SMILES string of the molecule is CC(C)[C@H]1CCc2nn(-c3c(F)c(F)c(F)c(F)c3F)c[n+]21. The molecule has 2 heterocycles. The molecule has 0 spiro atoms. The van der Waals surface area contributed by atoms with Crippen molar-refractivity contribution in [2.24, 2.45) is 5.92 Å². The van der Waals surface area contributed by atoms with Gasteiger partial charge in [-0.3, -0.25) is 0 Å². The van der Waals surface area contributed by atoms with Gasteiger partial charge in [-0.25, -0.2) is 17.7 Å².